The molecule has 0 unspecified atom stereocenters. The van der Waals surface area contributed by atoms with Crippen LogP contribution in [-0.2, 0) is 4.79 Å². The molecule has 1 aliphatic rings. The average molecular weight is 317 g/mol. The van der Waals surface area contributed by atoms with Crippen LogP contribution in [0.25, 0.3) is 5.57 Å². The van der Waals surface area contributed by atoms with Crippen LogP contribution < -0.4 is 4.74 Å². The highest BCUT2D eigenvalue weighted by Gasteiger charge is 2.17. The van der Waals surface area contributed by atoms with Gasteiger partial charge in [0.1, 0.15) is 11.6 Å². The molecule has 2 rings (SSSR count). The maximum Gasteiger partial charge on any atom is 0.173 e. The minimum absolute atomic E-state index is 0.0852. The lowest BCUT2D eigenvalue weighted by atomic mass is 10.0. The Morgan fingerprint density at radius 1 is 1.17 bits per heavy atom. The van der Waals surface area contributed by atoms with Gasteiger partial charge in [-0.1, -0.05) is 0 Å². The number of hydrogen-bond acceptors (Lipinski definition) is 3. The Labute approximate surface area is 137 Å². The molecule has 124 valence electrons. The summed E-state index contributed by atoms with van der Waals surface area (Å²) in [5, 5.41) is 0. The Morgan fingerprint density at radius 2 is 1.83 bits per heavy atom. The zero-order chi connectivity index (χ0) is 17.0. The van der Waals surface area contributed by atoms with E-state index in [9.17, 15) is 9.18 Å². The summed E-state index contributed by atoms with van der Waals surface area (Å²) >= 11 is 0. The van der Waals surface area contributed by atoms with Gasteiger partial charge >= 0.3 is 0 Å². The minimum Gasteiger partial charge on any atom is -0.490 e. The standard InChI is InChI=1S/C19H24FNO2/c1-12(13(2)21-14(3)15(4)22)18-10-9-17(11-19(18)20)23-16-7-5-6-8-16/h9-11,16H,5-8H2,1-4H3/b13-12+,21-14?. The number of hydrogen-bond donors (Lipinski definition) is 0. The van der Waals surface area contributed by atoms with E-state index in [0.29, 0.717) is 22.7 Å². The normalized spacial score (nSPS) is 17.2. The summed E-state index contributed by atoms with van der Waals surface area (Å²) in [5.41, 5.74) is 2.27. The third kappa shape index (κ3) is 4.50. The van der Waals surface area contributed by atoms with Gasteiger partial charge in [-0.25, -0.2) is 4.39 Å². The van der Waals surface area contributed by atoms with Crippen molar-refractivity contribution >= 4 is 17.1 Å². The topological polar surface area (TPSA) is 38.7 Å². The molecule has 1 aromatic carbocycles. The molecule has 0 bridgehead atoms. The fourth-order valence-corrected chi connectivity index (χ4v) is 2.68. The molecule has 0 amide bonds. The number of halogens is 1. The fourth-order valence-electron chi connectivity index (χ4n) is 2.68. The molecule has 0 spiro atoms. The number of aliphatic imine (C=N–C) groups is 1. The van der Waals surface area contributed by atoms with Crippen molar-refractivity contribution in [1.82, 2.24) is 0 Å². The maximum absolute atomic E-state index is 14.4. The fraction of sp³-hybridized carbons (Fsp3) is 0.474. The van der Waals surface area contributed by atoms with E-state index >= 15 is 0 Å². The number of Topliss-reactive ketones (excluding diaryl/α,β-unsaturated/α-hetero) is 1. The largest absolute Gasteiger partial charge is 0.490 e. The lowest BCUT2D eigenvalue weighted by Crippen LogP contribution is -2.11. The van der Waals surface area contributed by atoms with Gasteiger partial charge in [0, 0.05) is 24.3 Å². The van der Waals surface area contributed by atoms with Crippen molar-refractivity contribution < 1.29 is 13.9 Å². The molecular formula is C19H24FNO2. The van der Waals surface area contributed by atoms with Gasteiger partial charge in [0.15, 0.2) is 5.78 Å². The first-order valence-corrected chi connectivity index (χ1v) is 8.08. The van der Waals surface area contributed by atoms with Crippen molar-refractivity contribution in [3.8, 4) is 5.75 Å². The second-order valence-corrected chi connectivity index (χ2v) is 6.13. The van der Waals surface area contributed by atoms with Crippen molar-refractivity contribution in [2.45, 2.75) is 59.5 Å². The number of ether oxygens (including phenoxy) is 1. The van der Waals surface area contributed by atoms with Gasteiger partial charge in [0.2, 0.25) is 0 Å². The molecule has 0 heterocycles. The molecule has 0 aromatic heterocycles. The number of carbonyl (C=O) groups is 1. The number of nitrogens with zero attached hydrogens (tertiary/aromatic N) is 1. The molecule has 0 saturated heterocycles. The Balaban J connectivity index is 2.22. The second kappa shape index (κ2) is 7.53. The molecule has 4 heteroatoms. The summed E-state index contributed by atoms with van der Waals surface area (Å²) in [4.78, 5) is 15.5. The molecule has 0 atom stereocenters. The highest BCUT2D eigenvalue weighted by Crippen LogP contribution is 2.28. The van der Waals surface area contributed by atoms with E-state index in [4.69, 9.17) is 4.74 Å². The molecule has 3 nitrogen and oxygen atoms in total. The van der Waals surface area contributed by atoms with Crippen LogP contribution in [0.1, 0.15) is 58.9 Å². The first-order chi connectivity index (χ1) is 10.9. The molecular weight excluding hydrogens is 293 g/mol. The summed E-state index contributed by atoms with van der Waals surface area (Å²) in [6.07, 6.45) is 4.65. The van der Waals surface area contributed by atoms with Gasteiger partial charge < -0.3 is 4.74 Å². The number of benzene rings is 1. The SMILES string of the molecule is CC(=O)C(C)=N/C(C)=C(\C)c1ccc(OC2CCCC2)cc1F. The quantitative estimate of drug-likeness (QED) is 0.721. The molecule has 1 aliphatic carbocycles. The minimum atomic E-state index is -0.326. The van der Waals surface area contributed by atoms with Crippen LogP contribution in [-0.4, -0.2) is 17.6 Å². The van der Waals surface area contributed by atoms with Crippen LogP contribution in [0.15, 0.2) is 28.9 Å². The number of allylic oxidation sites excluding steroid dienone is 2. The predicted octanol–water partition coefficient (Wildman–Crippen LogP) is 4.95. The zero-order valence-corrected chi connectivity index (χ0v) is 14.3. The Hall–Kier alpha value is -1.97. The van der Waals surface area contributed by atoms with Gasteiger partial charge in [-0.15, -0.1) is 0 Å². The molecule has 0 radical (unpaired) electrons. The summed E-state index contributed by atoms with van der Waals surface area (Å²) in [7, 11) is 0. The van der Waals surface area contributed by atoms with Crippen molar-refractivity contribution in [3.05, 3.63) is 35.3 Å². The van der Waals surface area contributed by atoms with Crippen LogP contribution in [0, 0.1) is 5.82 Å². The summed E-state index contributed by atoms with van der Waals surface area (Å²) in [6.45, 7) is 6.72. The van der Waals surface area contributed by atoms with Crippen molar-refractivity contribution in [2.75, 3.05) is 0 Å². The van der Waals surface area contributed by atoms with E-state index in [0.717, 1.165) is 18.4 Å². The van der Waals surface area contributed by atoms with Crippen LogP contribution in [0.4, 0.5) is 4.39 Å². The Bertz CT molecular complexity index is 655. The first kappa shape index (κ1) is 17.4. The second-order valence-electron chi connectivity index (χ2n) is 6.13. The zero-order valence-electron chi connectivity index (χ0n) is 14.3. The van der Waals surface area contributed by atoms with Crippen molar-refractivity contribution in [2.24, 2.45) is 4.99 Å². The van der Waals surface area contributed by atoms with Gasteiger partial charge in [0.25, 0.3) is 0 Å². The number of rotatable bonds is 5. The monoisotopic (exact) mass is 317 g/mol. The van der Waals surface area contributed by atoms with Gasteiger partial charge in [-0.2, -0.15) is 0 Å². The smallest absolute Gasteiger partial charge is 0.173 e. The summed E-state index contributed by atoms with van der Waals surface area (Å²) in [6, 6.07) is 4.96. The molecule has 1 saturated carbocycles. The van der Waals surface area contributed by atoms with E-state index in [1.807, 2.05) is 6.92 Å². The lowest BCUT2D eigenvalue weighted by Gasteiger charge is -2.14. The van der Waals surface area contributed by atoms with Gasteiger partial charge in [-0.05, 0) is 64.2 Å². The maximum atomic E-state index is 14.4. The van der Waals surface area contributed by atoms with E-state index in [2.05, 4.69) is 4.99 Å². The molecule has 0 aliphatic heterocycles. The van der Waals surface area contributed by atoms with Crippen molar-refractivity contribution in [1.29, 1.82) is 0 Å². The van der Waals surface area contributed by atoms with Crippen LogP contribution in [0.2, 0.25) is 0 Å². The highest BCUT2D eigenvalue weighted by molar-refractivity contribution is 6.38. The summed E-state index contributed by atoms with van der Waals surface area (Å²) < 4.78 is 20.2. The molecule has 23 heavy (non-hydrogen) atoms. The summed E-state index contributed by atoms with van der Waals surface area (Å²) in [5.74, 6) is 0.165. The molecule has 0 N–H and O–H groups in total. The number of ketones is 1. The highest BCUT2D eigenvalue weighted by atomic mass is 19.1. The predicted molar refractivity (Wildman–Crippen MR) is 91.3 cm³/mol. The van der Waals surface area contributed by atoms with Gasteiger partial charge in [-0.3, -0.25) is 9.79 Å². The van der Waals surface area contributed by atoms with Crippen LogP contribution >= 0.6 is 0 Å². The van der Waals surface area contributed by atoms with Gasteiger partial charge in [0.05, 0.1) is 11.8 Å². The van der Waals surface area contributed by atoms with Crippen LogP contribution in [0.5, 0.6) is 5.75 Å². The van der Waals surface area contributed by atoms with Crippen LogP contribution in [0.3, 0.4) is 0 Å². The Morgan fingerprint density at radius 3 is 2.39 bits per heavy atom. The third-order valence-electron chi connectivity index (χ3n) is 4.34. The lowest BCUT2D eigenvalue weighted by molar-refractivity contribution is -0.111. The van der Waals surface area contributed by atoms with E-state index < -0.39 is 0 Å². The van der Waals surface area contributed by atoms with E-state index in [1.165, 1.54) is 25.8 Å². The molecule has 1 fully saturated rings. The van der Waals surface area contributed by atoms with E-state index in [-0.39, 0.29) is 17.7 Å². The first-order valence-electron chi connectivity index (χ1n) is 8.08. The third-order valence-corrected chi connectivity index (χ3v) is 4.34. The Kier molecular flexibility index (Phi) is 5.69. The average Bonchev–Trinajstić information content (AvgIpc) is 2.99. The van der Waals surface area contributed by atoms with Crippen molar-refractivity contribution in [3.63, 3.8) is 0 Å². The van der Waals surface area contributed by atoms with E-state index in [1.54, 1.807) is 26.0 Å². The molecule has 1 aromatic rings. The number of carbonyl (C=O) groups excluding carboxylic acids is 1.